The number of rotatable bonds is 4. The first-order valence-electron chi connectivity index (χ1n) is 7.79. The summed E-state index contributed by atoms with van der Waals surface area (Å²) in [6.45, 7) is 7.45. The van der Waals surface area contributed by atoms with E-state index in [0.717, 1.165) is 43.3 Å². The molecule has 3 rings (SSSR count). The van der Waals surface area contributed by atoms with E-state index in [9.17, 15) is 0 Å². The molecule has 0 unspecified atom stereocenters. The van der Waals surface area contributed by atoms with Crippen molar-refractivity contribution < 1.29 is 9.26 Å². The Hall–Kier alpha value is -1.93. The number of piperazine rings is 1. The molecule has 1 saturated heterocycles. The molecule has 8 nitrogen and oxygen atoms in total. The van der Waals surface area contributed by atoms with Crippen LogP contribution in [0, 0.1) is 13.8 Å². The molecular weight excluding hydrogens is 296 g/mol. The van der Waals surface area contributed by atoms with Crippen molar-refractivity contribution in [1.29, 1.82) is 0 Å². The van der Waals surface area contributed by atoms with Crippen molar-refractivity contribution in [3.8, 4) is 5.88 Å². The van der Waals surface area contributed by atoms with Gasteiger partial charge in [0, 0.05) is 33.2 Å². The van der Waals surface area contributed by atoms with E-state index in [1.807, 2.05) is 20.9 Å². The molecule has 2 aromatic heterocycles. The minimum Gasteiger partial charge on any atom is -0.481 e. The molecule has 1 aliphatic heterocycles. The highest BCUT2D eigenvalue weighted by molar-refractivity contribution is 5.30. The van der Waals surface area contributed by atoms with Crippen molar-refractivity contribution in [3.63, 3.8) is 0 Å². The van der Waals surface area contributed by atoms with Gasteiger partial charge in [-0.1, -0.05) is 5.16 Å². The third-order valence-electron chi connectivity index (χ3n) is 4.42. The van der Waals surface area contributed by atoms with Gasteiger partial charge in [0.05, 0.1) is 18.4 Å². The van der Waals surface area contributed by atoms with Gasteiger partial charge in [0.2, 0.25) is 11.8 Å². The van der Waals surface area contributed by atoms with Gasteiger partial charge in [-0.2, -0.15) is 10.1 Å². The van der Waals surface area contributed by atoms with Crippen molar-refractivity contribution in [3.05, 3.63) is 23.0 Å². The largest absolute Gasteiger partial charge is 0.481 e. The Kier molecular flexibility index (Phi) is 4.36. The lowest BCUT2D eigenvalue weighted by Gasteiger charge is -2.37. The first-order chi connectivity index (χ1) is 11.0. The Morgan fingerprint density at radius 3 is 2.70 bits per heavy atom. The van der Waals surface area contributed by atoms with Gasteiger partial charge in [-0.05, 0) is 20.9 Å². The number of aromatic nitrogens is 4. The summed E-state index contributed by atoms with van der Waals surface area (Å²) in [6.07, 6.45) is 0. The third kappa shape index (κ3) is 3.09. The molecule has 0 N–H and O–H groups in total. The van der Waals surface area contributed by atoms with Crippen LogP contribution < -0.4 is 4.74 Å². The van der Waals surface area contributed by atoms with E-state index in [2.05, 4.69) is 32.1 Å². The molecule has 0 aromatic carbocycles. The van der Waals surface area contributed by atoms with Crippen molar-refractivity contribution in [2.45, 2.75) is 26.4 Å². The molecule has 0 aliphatic carbocycles. The second-order valence-electron chi connectivity index (χ2n) is 6.11. The maximum absolute atomic E-state index is 5.50. The molecule has 8 heteroatoms. The topological polar surface area (TPSA) is 72.5 Å². The fraction of sp³-hybridized carbons (Fsp3) is 0.667. The molecule has 1 fully saturated rings. The Morgan fingerprint density at radius 1 is 1.26 bits per heavy atom. The average molecular weight is 320 g/mol. The zero-order valence-corrected chi connectivity index (χ0v) is 14.4. The number of hydrogen-bond donors (Lipinski definition) is 0. The fourth-order valence-electron chi connectivity index (χ4n) is 3.13. The monoisotopic (exact) mass is 320 g/mol. The number of methoxy groups -OCH3 is 1. The molecular formula is C15H24N6O2. The summed E-state index contributed by atoms with van der Waals surface area (Å²) in [4.78, 5) is 9.04. The Balaban J connectivity index is 1.77. The number of aryl methyl sites for hydroxylation is 3. The first-order valence-corrected chi connectivity index (χ1v) is 7.79. The van der Waals surface area contributed by atoms with Crippen molar-refractivity contribution in [2.75, 3.05) is 33.8 Å². The van der Waals surface area contributed by atoms with E-state index in [-0.39, 0.29) is 6.04 Å². The van der Waals surface area contributed by atoms with Crippen LogP contribution in [0.5, 0.6) is 5.88 Å². The third-order valence-corrected chi connectivity index (χ3v) is 4.42. The van der Waals surface area contributed by atoms with E-state index in [1.54, 1.807) is 11.8 Å². The Labute approximate surface area is 136 Å². The van der Waals surface area contributed by atoms with Crippen LogP contribution in [0.2, 0.25) is 0 Å². The maximum Gasteiger partial charge on any atom is 0.245 e. The fourth-order valence-corrected chi connectivity index (χ4v) is 3.13. The Bertz CT molecular complexity index is 680. The van der Waals surface area contributed by atoms with Gasteiger partial charge in [-0.15, -0.1) is 0 Å². The molecule has 0 saturated carbocycles. The van der Waals surface area contributed by atoms with Crippen molar-refractivity contribution in [1.82, 2.24) is 29.7 Å². The molecule has 23 heavy (non-hydrogen) atoms. The standard InChI is InChI=1S/C15H24N6O2/c1-10-12(15(22-5)20(4)17-10)8-21-7-6-19(3)13(9-21)14-16-11(2)18-23-14/h13H,6-9H2,1-5H3/t13-/m1/s1. The lowest BCUT2D eigenvalue weighted by atomic mass is 10.1. The highest BCUT2D eigenvalue weighted by atomic mass is 16.5. The van der Waals surface area contributed by atoms with E-state index in [1.165, 1.54) is 0 Å². The summed E-state index contributed by atoms with van der Waals surface area (Å²) in [6, 6.07) is 0.118. The molecule has 1 aliphatic rings. The average Bonchev–Trinajstić information content (AvgIpc) is 3.05. The van der Waals surface area contributed by atoms with Crippen molar-refractivity contribution in [2.24, 2.45) is 7.05 Å². The maximum atomic E-state index is 5.50. The molecule has 2 aromatic rings. The van der Waals surface area contributed by atoms with Crippen LogP contribution in [0.25, 0.3) is 0 Å². The molecule has 0 spiro atoms. The number of hydrogen-bond acceptors (Lipinski definition) is 7. The van der Waals surface area contributed by atoms with Gasteiger partial charge >= 0.3 is 0 Å². The van der Waals surface area contributed by atoms with Crippen LogP contribution in [0.1, 0.15) is 29.0 Å². The van der Waals surface area contributed by atoms with Crippen LogP contribution in [-0.2, 0) is 13.6 Å². The zero-order chi connectivity index (χ0) is 16.6. The van der Waals surface area contributed by atoms with Gasteiger partial charge in [0.25, 0.3) is 0 Å². The quantitative estimate of drug-likeness (QED) is 0.829. The summed E-state index contributed by atoms with van der Waals surface area (Å²) >= 11 is 0. The molecule has 0 radical (unpaired) electrons. The van der Waals surface area contributed by atoms with Gasteiger partial charge in [0.1, 0.15) is 6.04 Å². The van der Waals surface area contributed by atoms with Crippen LogP contribution in [0.15, 0.2) is 4.52 Å². The van der Waals surface area contributed by atoms with Crippen LogP contribution in [0.4, 0.5) is 0 Å². The van der Waals surface area contributed by atoms with Gasteiger partial charge in [-0.3, -0.25) is 9.80 Å². The Morgan fingerprint density at radius 2 is 2.04 bits per heavy atom. The molecule has 0 amide bonds. The van der Waals surface area contributed by atoms with Gasteiger partial charge in [-0.25, -0.2) is 4.68 Å². The first kappa shape index (κ1) is 15.9. The molecule has 1 atom stereocenters. The van der Waals surface area contributed by atoms with E-state index in [4.69, 9.17) is 9.26 Å². The zero-order valence-electron chi connectivity index (χ0n) is 14.4. The summed E-state index contributed by atoms with van der Waals surface area (Å²) < 4.78 is 12.7. The number of likely N-dealkylation sites (N-methyl/N-ethyl adjacent to an activating group) is 1. The summed E-state index contributed by atoms with van der Waals surface area (Å²) in [5, 5.41) is 8.37. The second-order valence-corrected chi connectivity index (χ2v) is 6.11. The van der Waals surface area contributed by atoms with Crippen LogP contribution in [-0.4, -0.2) is 63.5 Å². The summed E-state index contributed by atoms with van der Waals surface area (Å²) in [7, 11) is 5.69. The summed E-state index contributed by atoms with van der Waals surface area (Å²) in [5.41, 5.74) is 2.15. The van der Waals surface area contributed by atoms with Crippen molar-refractivity contribution >= 4 is 0 Å². The second kappa shape index (κ2) is 6.29. The van der Waals surface area contributed by atoms with E-state index < -0.39 is 0 Å². The predicted molar refractivity (Wildman–Crippen MR) is 84.2 cm³/mol. The highest BCUT2D eigenvalue weighted by Crippen LogP contribution is 2.27. The molecule has 126 valence electrons. The molecule has 3 heterocycles. The SMILES string of the molecule is COc1c(CN2CCN(C)[C@@H](c3nc(C)no3)C2)c(C)nn1C. The lowest BCUT2D eigenvalue weighted by Crippen LogP contribution is -2.46. The highest BCUT2D eigenvalue weighted by Gasteiger charge is 2.31. The lowest BCUT2D eigenvalue weighted by molar-refractivity contribution is 0.0708. The smallest absolute Gasteiger partial charge is 0.245 e. The minimum atomic E-state index is 0.118. The van der Waals surface area contributed by atoms with Gasteiger partial charge in [0.15, 0.2) is 5.82 Å². The van der Waals surface area contributed by atoms with E-state index in [0.29, 0.717) is 11.7 Å². The number of nitrogens with zero attached hydrogens (tertiary/aromatic N) is 6. The summed E-state index contributed by atoms with van der Waals surface area (Å²) in [5.74, 6) is 2.19. The van der Waals surface area contributed by atoms with Gasteiger partial charge < -0.3 is 9.26 Å². The normalized spacial score (nSPS) is 20.1. The van der Waals surface area contributed by atoms with E-state index >= 15 is 0 Å². The predicted octanol–water partition coefficient (Wildman–Crippen LogP) is 0.917. The number of ether oxygens (including phenoxy) is 1. The van der Waals surface area contributed by atoms with Crippen LogP contribution in [0.3, 0.4) is 0 Å². The molecule has 0 bridgehead atoms. The van der Waals surface area contributed by atoms with Crippen LogP contribution >= 0.6 is 0 Å². The minimum absolute atomic E-state index is 0.118.